The zero-order chi connectivity index (χ0) is 30.1. The molecule has 0 spiro atoms. The predicted octanol–water partition coefficient (Wildman–Crippen LogP) is 2.48. The third-order valence-corrected chi connectivity index (χ3v) is 8.85. The molecule has 12 nitrogen and oxygen atoms in total. The van der Waals surface area contributed by atoms with Crippen LogP contribution in [-0.2, 0) is 24.3 Å². The number of sulfonamides is 1. The van der Waals surface area contributed by atoms with E-state index in [1.54, 1.807) is 70.6 Å². The van der Waals surface area contributed by atoms with E-state index in [0.717, 1.165) is 5.56 Å². The number of hydrogen-bond acceptors (Lipinski definition) is 9. The molecular formula is C29H36N6O6S. The van der Waals surface area contributed by atoms with Gasteiger partial charge >= 0.3 is 0 Å². The maximum Gasteiger partial charge on any atom is 0.253 e. The van der Waals surface area contributed by atoms with Crippen LogP contribution in [0.1, 0.15) is 17.3 Å². The van der Waals surface area contributed by atoms with Crippen LogP contribution in [0.25, 0.3) is 11.3 Å². The highest BCUT2D eigenvalue weighted by Crippen LogP contribution is 2.23. The number of hydrogen-bond donors (Lipinski definition) is 1. The molecule has 0 unspecified atom stereocenters. The number of nitrogens with zero attached hydrogens (tertiary/aromatic N) is 5. The highest BCUT2D eigenvalue weighted by atomic mass is 32.2. The van der Waals surface area contributed by atoms with Gasteiger partial charge in [-0.15, -0.1) is 0 Å². The van der Waals surface area contributed by atoms with E-state index in [9.17, 15) is 18.0 Å². The van der Waals surface area contributed by atoms with Crippen LogP contribution in [-0.4, -0.2) is 111 Å². The molecule has 1 N–H and O–H groups in total. The summed E-state index contributed by atoms with van der Waals surface area (Å²) < 4.78 is 37.9. The van der Waals surface area contributed by atoms with Gasteiger partial charge in [-0.3, -0.25) is 9.59 Å². The minimum atomic E-state index is -3.73. The van der Waals surface area contributed by atoms with Crippen molar-refractivity contribution in [1.29, 1.82) is 0 Å². The number of carbonyl (C=O) groups excluding carboxylic acids is 2. The summed E-state index contributed by atoms with van der Waals surface area (Å²) >= 11 is 0. The molecule has 0 bridgehead atoms. The van der Waals surface area contributed by atoms with Crippen molar-refractivity contribution in [3.63, 3.8) is 0 Å². The van der Waals surface area contributed by atoms with E-state index < -0.39 is 10.0 Å². The Hall–Kier alpha value is -3.91. The first-order chi connectivity index (χ1) is 20.2. The average molecular weight is 597 g/mol. The summed E-state index contributed by atoms with van der Waals surface area (Å²) in [5, 5.41) is 3.15. The molecule has 0 radical (unpaired) electrons. The highest BCUT2D eigenvalue weighted by Gasteiger charge is 2.25. The van der Waals surface area contributed by atoms with Crippen molar-refractivity contribution in [1.82, 2.24) is 24.1 Å². The Morgan fingerprint density at radius 3 is 2.05 bits per heavy atom. The minimum absolute atomic E-state index is 0.0209. The molecule has 0 saturated carbocycles. The molecule has 3 aromatic rings. The van der Waals surface area contributed by atoms with Crippen molar-refractivity contribution in [3.8, 4) is 11.3 Å². The number of methoxy groups -OCH3 is 2. The second-order valence-corrected chi connectivity index (χ2v) is 11.6. The zero-order valence-corrected chi connectivity index (χ0v) is 24.8. The molecular weight excluding hydrogens is 560 g/mol. The Labute approximate surface area is 246 Å². The largest absolute Gasteiger partial charge is 0.383 e. The van der Waals surface area contributed by atoms with E-state index in [1.807, 2.05) is 0 Å². The van der Waals surface area contributed by atoms with Crippen molar-refractivity contribution in [2.45, 2.75) is 11.8 Å². The highest BCUT2D eigenvalue weighted by molar-refractivity contribution is 7.89. The first-order valence-corrected chi connectivity index (χ1v) is 15.0. The number of benzene rings is 2. The maximum absolute atomic E-state index is 13.2. The fourth-order valence-electron chi connectivity index (χ4n) is 4.50. The van der Waals surface area contributed by atoms with Gasteiger partial charge in [0.1, 0.15) is 0 Å². The number of rotatable bonds is 12. The Morgan fingerprint density at radius 2 is 1.48 bits per heavy atom. The van der Waals surface area contributed by atoms with E-state index in [2.05, 4.69) is 15.3 Å². The summed E-state index contributed by atoms with van der Waals surface area (Å²) in [6, 6.07) is 15.3. The van der Waals surface area contributed by atoms with Gasteiger partial charge in [0.2, 0.25) is 21.9 Å². The zero-order valence-electron chi connectivity index (χ0n) is 24.0. The van der Waals surface area contributed by atoms with E-state index in [0.29, 0.717) is 49.1 Å². The Kier molecular flexibility index (Phi) is 10.6. The first kappa shape index (κ1) is 31.0. The summed E-state index contributed by atoms with van der Waals surface area (Å²) in [4.78, 5) is 37.0. The van der Waals surface area contributed by atoms with Crippen LogP contribution in [0.15, 0.2) is 65.7 Å². The van der Waals surface area contributed by atoms with Crippen molar-refractivity contribution in [2.24, 2.45) is 0 Å². The topological polar surface area (TPSA) is 134 Å². The number of piperazine rings is 1. The number of nitrogens with one attached hydrogen (secondary N) is 1. The molecule has 2 amide bonds. The lowest BCUT2D eigenvalue weighted by atomic mass is 10.1. The third-order valence-electron chi connectivity index (χ3n) is 6.93. The van der Waals surface area contributed by atoms with Gasteiger partial charge in [0.05, 0.1) is 23.8 Å². The van der Waals surface area contributed by atoms with Gasteiger partial charge in [0.25, 0.3) is 5.91 Å². The Balaban J connectivity index is 1.41. The molecule has 2 aromatic carbocycles. The molecule has 0 aliphatic carbocycles. The lowest BCUT2D eigenvalue weighted by Gasteiger charge is -2.34. The molecule has 42 heavy (non-hydrogen) atoms. The number of ether oxygens (including phenoxy) is 2. The van der Waals surface area contributed by atoms with Crippen molar-refractivity contribution in [3.05, 3.63) is 66.4 Å². The van der Waals surface area contributed by atoms with E-state index >= 15 is 0 Å². The molecule has 4 rings (SSSR count). The van der Waals surface area contributed by atoms with Crippen LogP contribution < -0.4 is 5.32 Å². The monoisotopic (exact) mass is 596 g/mol. The summed E-state index contributed by atoms with van der Waals surface area (Å²) in [5.74, 6) is 0.301. The van der Waals surface area contributed by atoms with Crippen LogP contribution in [0.3, 0.4) is 0 Å². The molecule has 1 fully saturated rings. The van der Waals surface area contributed by atoms with Crippen molar-refractivity contribution in [2.75, 3.05) is 72.0 Å². The molecule has 2 heterocycles. The summed E-state index contributed by atoms with van der Waals surface area (Å²) in [6.07, 6.45) is 1.62. The summed E-state index contributed by atoms with van der Waals surface area (Å²) in [6.45, 7) is 4.61. The maximum atomic E-state index is 13.2. The van der Waals surface area contributed by atoms with Crippen LogP contribution in [0, 0.1) is 0 Å². The van der Waals surface area contributed by atoms with Gasteiger partial charge in [-0.25, -0.2) is 18.4 Å². The van der Waals surface area contributed by atoms with Crippen LogP contribution in [0.4, 0.5) is 11.6 Å². The number of amides is 2. The molecule has 1 aliphatic heterocycles. The fraction of sp³-hybridized carbons (Fsp3) is 0.379. The molecule has 0 atom stereocenters. The summed E-state index contributed by atoms with van der Waals surface area (Å²) in [7, 11) is -0.678. The summed E-state index contributed by atoms with van der Waals surface area (Å²) in [5.41, 5.74) is 2.61. The van der Waals surface area contributed by atoms with Gasteiger partial charge in [-0.1, -0.05) is 12.1 Å². The quantitative estimate of drug-likeness (QED) is 0.335. The van der Waals surface area contributed by atoms with E-state index in [4.69, 9.17) is 9.47 Å². The van der Waals surface area contributed by atoms with E-state index in [-0.39, 0.29) is 43.0 Å². The van der Waals surface area contributed by atoms with Gasteiger partial charge in [0.15, 0.2) is 0 Å². The SMILES string of the molecule is COCCN(CCOC)S(=O)(=O)c1ccc(-c2ccnc(Nc3ccc(C(=O)N4CCN(C(C)=O)CC4)cc3)n2)cc1. The fourth-order valence-corrected chi connectivity index (χ4v) is 5.91. The number of anilines is 2. The second kappa shape index (κ2) is 14.3. The van der Waals surface area contributed by atoms with Gasteiger partial charge < -0.3 is 24.6 Å². The van der Waals surface area contributed by atoms with Crippen LogP contribution >= 0.6 is 0 Å². The van der Waals surface area contributed by atoms with Gasteiger partial charge in [-0.2, -0.15) is 4.31 Å². The van der Waals surface area contributed by atoms with Crippen molar-refractivity contribution >= 4 is 33.5 Å². The lowest BCUT2D eigenvalue weighted by molar-refractivity contribution is -0.130. The molecule has 224 valence electrons. The van der Waals surface area contributed by atoms with Gasteiger partial charge in [0, 0.05) is 83.4 Å². The van der Waals surface area contributed by atoms with Crippen molar-refractivity contribution < 1.29 is 27.5 Å². The lowest BCUT2D eigenvalue weighted by Crippen LogP contribution is -2.50. The van der Waals surface area contributed by atoms with E-state index in [1.165, 1.54) is 25.4 Å². The van der Waals surface area contributed by atoms with Gasteiger partial charge in [-0.05, 0) is 42.5 Å². The molecule has 1 aliphatic rings. The Morgan fingerprint density at radius 1 is 0.881 bits per heavy atom. The molecule has 13 heteroatoms. The van der Waals surface area contributed by atoms with Crippen LogP contribution in [0.2, 0.25) is 0 Å². The first-order valence-electron chi connectivity index (χ1n) is 13.6. The van der Waals surface area contributed by atoms with Crippen LogP contribution in [0.5, 0.6) is 0 Å². The third kappa shape index (κ3) is 7.68. The molecule has 1 saturated heterocycles. The Bertz CT molecular complexity index is 1450. The minimum Gasteiger partial charge on any atom is -0.383 e. The molecule has 1 aromatic heterocycles. The predicted molar refractivity (Wildman–Crippen MR) is 158 cm³/mol. The second-order valence-electron chi connectivity index (χ2n) is 9.68. The number of carbonyl (C=O) groups is 2. The average Bonchev–Trinajstić information content (AvgIpc) is 3.01. The number of aromatic nitrogens is 2. The normalized spacial score (nSPS) is 13.8. The smallest absolute Gasteiger partial charge is 0.253 e. The standard InChI is InChI=1S/C29H36N6O6S/c1-22(36)33-14-16-34(17-15-33)28(37)24-4-8-25(9-5-24)31-29-30-13-12-27(32-29)23-6-10-26(11-7-23)42(38,39)35(18-20-40-2)19-21-41-3/h4-13H,14-21H2,1-3H3,(H,30,31,32).